The number of anilines is 1. The molecule has 1 aliphatic carbocycles. The molecule has 30 heavy (non-hydrogen) atoms. The van der Waals surface area contributed by atoms with Gasteiger partial charge in [0.1, 0.15) is 12.1 Å². The van der Waals surface area contributed by atoms with Gasteiger partial charge in [-0.05, 0) is 55.2 Å². The third-order valence-corrected chi connectivity index (χ3v) is 5.37. The lowest BCUT2D eigenvalue weighted by Gasteiger charge is -2.23. The number of hydrogen-bond donors (Lipinski definition) is 1. The summed E-state index contributed by atoms with van der Waals surface area (Å²) in [5.41, 5.74) is 3.83. The molecular weight excluding hydrogens is 376 g/mol. The third kappa shape index (κ3) is 3.45. The van der Waals surface area contributed by atoms with E-state index in [4.69, 9.17) is 0 Å². The number of benzene rings is 1. The van der Waals surface area contributed by atoms with Gasteiger partial charge in [-0.2, -0.15) is 0 Å². The summed E-state index contributed by atoms with van der Waals surface area (Å²) in [5.74, 6) is 0.898. The van der Waals surface area contributed by atoms with E-state index in [9.17, 15) is 4.79 Å². The van der Waals surface area contributed by atoms with Gasteiger partial charge in [-0.15, -0.1) is 10.2 Å². The second-order valence-corrected chi connectivity index (χ2v) is 7.27. The molecule has 148 valence electrons. The van der Waals surface area contributed by atoms with E-state index >= 15 is 0 Å². The van der Waals surface area contributed by atoms with Crippen molar-refractivity contribution in [3.63, 3.8) is 0 Å². The quantitative estimate of drug-likeness (QED) is 0.567. The Morgan fingerprint density at radius 3 is 2.77 bits per heavy atom. The van der Waals surface area contributed by atoms with Crippen molar-refractivity contribution in [3.8, 4) is 17.1 Å². The first-order chi connectivity index (χ1) is 14.8. The van der Waals surface area contributed by atoms with Crippen LogP contribution in [-0.2, 0) is 11.2 Å². The standard InChI is InChI=1S/C23H20N6O/c30-23(19-10-4-6-16-7-5-13-24-21(16)19)27-20-12-11-17(14-25-20)22-28-26-15-29(22)18-8-2-1-3-9-18/h1-3,5,7-9,11-15,19H,4,6,10H2,(H,25,27,30). The topological polar surface area (TPSA) is 85.6 Å². The van der Waals surface area contributed by atoms with Crippen LogP contribution in [0, 0.1) is 0 Å². The van der Waals surface area contributed by atoms with Crippen LogP contribution in [0.1, 0.15) is 30.0 Å². The van der Waals surface area contributed by atoms with Crippen LogP contribution in [0.2, 0.25) is 0 Å². The first kappa shape index (κ1) is 18.2. The van der Waals surface area contributed by atoms with Gasteiger partial charge in [0.2, 0.25) is 5.91 Å². The lowest BCUT2D eigenvalue weighted by molar-refractivity contribution is -0.118. The van der Waals surface area contributed by atoms with Crippen LogP contribution < -0.4 is 5.32 Å². The number of nitrogens with zero attached hydrogens (tertiary/aromatic N) is 5. The number of pyridine rings is 2. The van der Waals surface area contributed by atoms with Gasteiger partial charge in [0.05, 0.1) is 11.6 Å². The monoisotopic (exact) mass is 396 g/mol. The molecule has 0 radical (unpaired) electrons. The molecule has 1 N–H and O–H groups in total. The molecule has 0 bridgehead atoms. The number of para-hydroxylation sites is 1. The first-order valence-electron chi connectivity index (χ1n) is 9.96. The Labute approximate surface area is 173 Å². The fourth-order valence-corrected chi connectivity index (χ4v) is 3.89. The van der Waals surface area contributed by atoms with Crippen molar-refractivity contribution in [1.82, 2.24) is 24.7 Å². The van der Waals surface area contributed by atoms with E-state index in [1.807, 2.05) is 47.0 Å². The number of aryl methyl sites for hydroxylation is 1. The molecule has 1 atom stereocenters. The van der Waals surface area contributed by atoms with Gasteiger partial charge in [0.25, 0.3) is 0 Å². The van der Waals surface area contributed by atoms with Crippen molar-refractivity contribution < 1.29 is 4.79 Å². The summed E-state index contributed by atoms with van der Waals surface area (Å²) < 4.78 is 1.90. The number of hydrogen-bond acceptors (Lipinski definition) is 5. The molecule has 5 rings (SSSR count). The predicted octanol–water partition coefficient (Wildman–Crippen LogP) is 3.78. The van der Waals surface area contributed by atoms with Gasteiger partial charge < -0.3 is 5.32 Å². The Hall–Kier alpha value is -3.87. The van der Waals surface area contributed by atoms with Gasteiger partial charge in [-0.3, -0.25) is 14.3 Å². The number of carbonyl (C=O) groups excluding carboxylic acids is 1. The van der Waals surface area contributed by atoms with Crippen LogP contribution in [0.15, 0.2) is 73.3 Å². The molecule has 1 aromatic carbocycles. The maximum Gasteiger partial charge on any atom is 0.234 e. The van der Waals surface area contributed by atoms with Crippen molar-refractivity contribution in [3.05, 3.63) is 84.6 Å². The summed E-state index contributed by atoms with van der Waals surface area (Å²) in [6, 6.07) is 17.5. The van der Waals surface area contributed by atoms with Crippen molar-refractivity contribution in [2.75, 3.05) is 5.32 Å². The van der Waals surface area contributed by atoms with Crippen molar-refractivity contribution in [2.45, 2.75) is 25.2 Å². The van der Waals surface area contributed by atoms with E-state index in [2.05, 4.69) is 31.5 Å². The fraction of sp³-hybridized carbons (Fsp3) is 0.174. The largest absolute Gasteiger partial charge is 0.310 e. The lowest BCUT2D eigenvalue weighted by Crippen LogP contribution is -2.26. The molecule has 4 aromatic rings. The minimum Gasteiger partial charge on any atom is -0.310 e. The molecule has 0 spiro atoms. The molecule has 3 aromatic heterocycles. The molecular formula is C23H20N6O. The zero-order valence-electron chi connectivity index (χ0n) is 16.3. The average Bonchev–Trinajstić information content (AvgIpc) is 3.30. The van der Waals surface area contributed by atoms with E-state index < -0.39 is 0 Å². The zero-order valence-corrected chi connectivity index (χ0v) is 16.3. The number of aromatic nitrogens is 5. The SMILES string of the molecule is O=C(Nc1ccc(-c2nncn2-c2ccccc2)cn1)C1CCCc2cccnc21. The van der Waals surface area contributed by atoms with E-state index in [-0.39, 0.29) is 11.8 Å². The second-order valence-electron chi connectivity index (χ2n) is 7.27. The molecule has 1 aliphatic rings. The average molecular weight is 396 g/mol. The Morgan fingerprint density at radius 1 is 1.03 bits per heavy atom. The summed E-state index contributed by atoms with van der Waals surface area (Å²) in [4.78, 5) is 21.7. The van der Waals surface area contributed by atoms with Gasteiger partial charge in [0.15, 0.2) is 5.82 Å². The molecule has 1 unspecified atom stereocenters. The summed E-state index contributed by atoms with van der Waals surface area (Å²) in [6.07, 6.45) is 7.88. The highest BCUT2D eigenvalue weighted by atomic mass is 16.2. The van der Waals surface area contributed by atoms with Crippen molar-refractivity contribution in [1.29, 1.82) is 0 Å². The van der Waals surface area contributed by atoms with Crippen LogP contribution in [-0.4, -0.2) is 30.6 Å². The normalized spacial score (nSPS) is 15.4. The Bertz CT molecular complexity index is 1170. The lowest BCUT2D eigenvalue weighted by atomic mass is 9.86. The van der Waals surface area contributed by atoms with Crippen molar-refractivity contribution in [2.24, 2.45) is 0 Å². The predicted molar refractivity (Wildman–Crippen MR) is 113 cm³/mol. The highest BCUT2D eigenvalue weighted by molar-refractivity contribution is 5.95. The highest BCUT2D eigenvalue weighted by Gasteiger charge is 2.27. The second kappa shape index (κ2) is 7.87. The smallest absolute Gasteiger partial charge is 0.234 e. The molecule has 7 nitrogen and oxygen atoms in total. The van der Waals surface area contributed by atoms with Crippen LogP contribution in [0.5, 0.6) is 0 Å². The van der Waals surface area contributed by atoms with E-state index in [0.717, 1.165) is 41.8 Å². The molecule has 0 aliphatic heterocycles. The van der Waals surface area contributed by atoms with E-state index in [0.29, 0.717) is 11.6 Å². The van der Waals surface area contributed by atoms with Crippen LogP contribution in [0.3, 0.4) is 0 Å². The number of carbonyl (C=O) groups is 1. The molecule has 3 heterocycles. The van der Waals surface area contributed by atoms with Crippen LogP contribution in [0.4, 0.5) is 5.82 Å². The summed E-state index contributed by atoms with van der Waals surface area (Å²) >= 11 is 0. The van der Waals surface area contributed by atoms with Crippen LogP contribution >= 0.6 is 0 Å². The van der Waals surface area contributed by atoms with Gasteiger partial charge in [0, 0.05) is 23.6 Å². The van der Waals surface area contributed by atoms with Gasteiger partial charge >= 0.3 is 0 Å². The molecule has 1 amide bonds. The minimum absolute atomic E-state index is 0.0673. The maximum absolute atomic E-state index is 12.9. The molecule has 0 saturated carbocycles. The molecule has 0 saturated heterocycles. The molecule has 7 heteroatoms. The number of nitrogens with one attached hydrogen (secondary N) is 1. The zero-order chi connectivity index (χ0) is 20.3. The van der Waals surface area contributed by atoms with Crippen LogP contribution in [0.25, 0.3) is 17.1 Å². The minimum atomic E-state index is -0.238. The molecule has 0 fully saturated rings. The number of fused-ring (bicyclic) bond motifs is 1. The summed E-state index contributed by atoms with van der Waals surface area (Å²) in [5, 5.41) is 11.2. The summed E-state index contributed by atoms with van der Waals surface area (Å²) in [6.45, 7) is 0. The first-order valence-corrected chi connectivity index (χ1v) is 9.96. The number of amides is 1. The Kier molecular flexibility index (Phi) is 4.77. The van der Waals surface area contributed by atoms with E-state index in [1.165, 1.54) is 0 Å². The van der Waals surface area contributed by atoms with Gasteiger partial charge in [-0.25, -0.2) is 4.98 Å². The third-order valence-electron chi connectivity index (χ3n) is 5.37. The highest BCUT2D eigenvalue weighted by Crippen LogP contribution is 2.30. The fourth-order valence-electron chi connectivity index (χ4n) is 3.89. The van der Waals surface area contributed by atoms with Crippen molar-refractivity contribution >= 4 is 11.7 Å². The Balaban J connectivity index is 1.35. The Morgan fingerprint density at radius 2 is 1.93 bits per heavy atom. The summed E-state index contributed by atoms with van der Waals surface area (Å²) in [7, 11) is 0. The van der Waals surface area contributed by atoms with E-state index in [1.54, 1.807) is 24.8 Å². The number of rotatable bonds is 4. The maximum atomic E-state index is 12.9. The van der Waals surface area contributed by atoms with Gasteiger partial charge in [-0.1, -0.05) is 24.3 Å².